The van der Waals surface area contributed by atoms with E-state index in [0.29, 0.717) is 21.9 Å². The van der Waals surface area contributed by atoms with Crippen LogP contribution in [0.15, 0.2) is 77.9 Å². The van der Waals surface area contributed by atoms with Gasteiger partial charge < -0.3 is 9.47 Å². The van der Waals surface area contributed by atoms with E-state index >= 15 is 0 Å². The first-order chi connectivity index (χ1) is 15.8. The average Bonchev–Trinajstić information content (AvgIpc) is 2.80. The lowest BCUT2D eigenvalue weighted by Crippen LogP contribution is -2.33. The zero-order valence-corrected chi connectivity index (χ0v) is 18.1. The second-order valence-corrected chi connectivity index (χ2v) is 7.12. The molecule has 0 spiro atoms. The summed E-state index contributed by atoms with van der Waals surface area (Å²) in [7, 11) is 0. The number of nitro benzene ring substituents is 1. The van der Waals surface area contributed by atoms with Crippen molar-refractivity contribution in [2.45, 2.75) is 13.0 Å². The number of amides is 1. The number of nitrogens with zero attached hydrogens (tertiary/aromatic N) is 2. The normalized spacial score (nSPS) is 11.6. The Morgan fingerprint density at radius 3 is 2.52 bits per heavy atom. The molecule has 0 saturated heterocycles. The van der Waals surface area contributed by atoms with Crippen molar-refractivity contribution >= 4 is 35.4 Å². The number of nitrogens with one attached hydrogen (secondary N) is 1. The Bertz CT molecular complexity index is 1200. The summed E-state index contributed by atoms with van der Waals surface area (Å²) >= 11 is 5.88. The van der Waals surface area contributed by atoms with E-state index in [-0.39, 0.29) is 11.4 Å². The van der Waals surface area contributed by atoms with Crippen molar-refractivity contribution in [3.8, 4) is 11.5 Å². The molecule has 1 amide bonds. The summed E-state index contributed by atoms with van der Waals surface area (Å²) in [6.07, 6.45) is 0.370. The number of hydrogen-bond donors (Lipinski definition) is 1. The highest BCUT2D eigenvalue weighted by Gasteiger charge is 2.20. The van der Waals surface area contributed by atoms with E-state index in [2.05, 4.69) is 10.5 Å². The van der Waals surface area contributed by atoms with Gasteiger partial charge in [-0.2, -0.15) is 5.10 Å². The van der Waals surface area contributed by atoms with Gasteiger partial charge in [0.1, 0.15) is 5.75 Å². The SMILES string of the molecule is C[C@@H](Oc1ccccc1[N+](=O)[O-])C(=O)N/N=C\c1ccc(OC(=O)c2cccc(Cl)c2)cc1. The molecule has 0 aliphatic heterocycles. The predicted molar refractivity (Wildman–Crippen MR) is 122 cm³/mol. The fourth-order valence-electron chi connectivity index (χ4n) is 2.62. The molecule has 3 aromatic rings. The molecule has 33 heavy (non-hydrogen) atoms. The predicted octanol–water partition coefficient (Wildman–Crippen LogP) is 4.39. The maximum Gasteiger partial charge on any atom is 0.343 e. The van der Waals surface area contributed by atoms with Gasteiger partial charge in [0.05, 0.1) is 16.7 Å². The van der Waals surface area contributed by atoms with Crippen LogP contribution < -0.4 is 14.9 Å². The molecule has 0 aliphatic rings. The number of halogens is 1. The molecule has 0 heterocycles. The number of carbonyl (C=O) groups excluding carboxylic acids is 2. The molecule has 10 heteroatoms. The van der Waals surface area contributed by atoms with Gasteiger partial charge in [-0.05, 0) is 61.0 Å². The van der Waals surface area contributed by atoms with Crippen LogP contribution in [0.2, 0.25) is 5.02 Å². The summed E-state index contributed by atoms with van der Waals surface area (Å²) in [6, 6.07) is 18.6. The number of rotatable bonds is 8. The molecule has 168 valence electrons. The highest BCUT2D eigenvalue weighted by molar-refractivity contribution is 6.30. The van der Waals surface area contributed by atoms with E-state index in [1.807, 2.05) is 0 Å². The Morgan fingerprint density at radius 2 is 1.82 bits per heavy atom. The van der Waals surface area contributed by atoms with Gasteiger partial charge in [0.25, 0.3) is 5.91 Å². The number of ether oxygens (including phenoxy) is 2. The van der Waals surface area contributed by atoms with E-state index in [9.17, 15) is 19.7 Å². The lowest BCUT2D eigenvalue weighted by atomic mass is 10.2. The Kier molecular flexibility index (Phi) is 7.72. The fourth-order valence-corrected chi connectivity index (χ4v) is 2.81. The molecule has 3 aromatic carbocycles. The van der Waals surface area contributed by atoms with Gasteiger partial charge in [-0.15, -0.1) is 0 Å². The Balaban J connectivity index is 1.53. The maximum absolute atomic E-state index is 12.2. The molecule has 3 rings (SSSR count). The second kappa shape index (κ2) is 10.9. The number of nitro groups is 1. The standard InChI is InChI=1S/C23H18ClN3O6/c1-15(32-21-8-3-2-7-20(21)27(30)31)22(28)26-25-14-16-9-11-19(12-10-16)33-23(29)17-5-4-6-18(24)13-17/h2-15H,1H3,(H,26,28)/b25-14-/t15-/m1/s1. The minimum atomic E-state index is -1.02. The van der Waals surface area contributed by atoms with Gasteiger partial charge in [0, 0.05) is 11.1 Å². The summed E-state index contributed by atoms with van der Waals surface area (Å²) in [4.78, 5) is 34.8. The smallest absolute Gasteiger partial charge is 0.343 e. The van der Waals surface area contributed by atoms with Gasteiger partial charge in [-0.3, -0.25) is 14.9 Å². The number of esters is 1. The topological polar surface area (TPSA) is 120 Å². The first-order valence-corrected chi connectivity index (χ1v) is 10.0. The van der Waals surface area contributed by atoms with E-state index in [0.717, 1.165) is 0 Å². The number of benzene rings is 3. The molecule has 1 atom stereocenters. The second-order valence-electron chi connectivity index (χ2n) is 6.69. The number of carbonyl (C=O) groups is 2. The third-order valence-corrected chi connectivity index (χ3v) is 4.51. The Morgan fingerprint density at radius 1 is 1.09 bits per heavy atom. The number of para-hydroxylation sites is 2. The average molecular weight is 468 g/mol. The van der Waals surface area contributed by atoms with Gasteiger partial charge in [-0.1, -0.05) is 29.8 Å². The lowest BCUT2D eigenvalue weighted by molar-refractivity contribution is -0.386. The van der Waals surface area contributed by atoms with Crippen LogP contribution in [0.3, 0.4) is 0 Å². The highest BCUT2D eigenvalue weighted by Crippen LogP contribution is 2.26. The van der Waals surface area contributed by atoms with E-state index in [4.69, 9.17) is 21.1 Å². The molecular weight excluding hydrogens is 450 g/mol. The molecule has 0 radical (unpaired) electrons. The van der Waals surface area contributed by atoms with Crippen LogP contribution in [0.25, 0.3) is 0 Å². The summed E-state index contributed by atoms with van der Waals surface area (Å²) in [5.41, 5.74) is 3.03. The zero-order chi connectivity index (χ0) is 23.8. The van der Waals surface area contributed by atoms with Crippen LogP contribution in [0.1, 0.15) is 22.8 Å². The van der Waals surface area contributed by atoms with Crippen molar-refractivity contribution in [3.05, 3.63) is 99.1 Å². The van der Waals surface area contributed by atoms with Crippen molar-refractivity contribution < 1.29 is 24.0 Å². The first-order valence-electron chi connectivity index (χ1n) is 9.64. The van der Waals surface area contributed by atoms with Crippen LogP contribution in [0.5, 0.6) is 11.5 Å². The van der Waals surface area contributed by atoms with Crippen LogP contribution in [0, 0.1) is 10.1 Å². The lowest BCUT2D eigenvalue weighted by Gasteiger charge is -2.12. The van der Waals surface area contributed by atoms with Crippen LogP contribution in [-0.4, -0.2) is 29.1 Å². The Hall–Kier alpha value is -4.24. The minimum Gasteiger partial charge on any atom is -0.474 e. The molecule has 0 bridgehead atoms. The molecule has 0 saturated carbocycles. The van der Waals surface area contributed by atoms with Gasteiger partial charge in [-0.25, -0.2) is 10.2 Å². The third-order valence-electron chi connectivity index (χ3n) is 4.27. The van der Waals surface area contributed by atoms with Gasteiger partial charge >= 0.3 is 11.7 Å². The van der Waals surface area contributed by atoms with E-state index in [1.165, 1.54) is 37.4 Å². The molecule has 0 fully saturated rings. The summed E-state index contributed by atoms with van der Waals surface area (Å²) in [6.45, 7) is 1.45. The molecular formula is C23H18ClN3O6. The monoisotopic (exact) mass is 467 g/mol. The molecule has 0 aromatic heterocycles. The van der Waals surface area contributed by atoms with Crippen molar-refractivity contribution in [1.82, 2.24) is 5.43 Å². The fraction of sp³-hybridized carbons (Fsp3) is 0.0870. The van der Waals surface area contributed by atoms with E-state index < -0.39 is 22.9 Å². The first kappa shape index (κ1) is 23.4. The molecule has 0 aliphatic carbocycles. The molecule has 9 nitrogen and oxygen atoms in total. The van der Waals surface area contributed by atoms with E-state index in [1.54, 1.807) is 48.5 Å². The maximum atomic E-state index is 12.2. The van der Waals surface area contributed by atoms with Crippen molar-refractivity contribution in [2.24, 2.45) is 5.10 Å². The van der Waals surface area contributed by atoms with Crippen molar-refractivity contribution in [3.63, 3.8) is 0 Å². The number of hydrogen-bond acceptors (Lipinski definition) is 7. The zero-order valence-electron chi connectivity index (χ0n) is 17.3. The van der Waals surface area contributed by atoms with Crippen molar-refractivity contribution in [1.29, 1.82) is 0 Å². The highest BCUT2D eigenvalue weighted by atomic mass is 35.5. The summed E-state index contributed by atoms with van der Waals surface area (Å²) < 4.78 is 10.7. The third kappa shape index (κ3) is 6.62. The van der Waals surface area contributed by atoms with Crippen molar-refractivity contribution in [2.75, 3.05) is 0 Å². The molecule has 0 unspecified atom stereocenters. The quantitative estimate of drug-likeness (QED) is 0.172. The summed E-state index contributed by atoms with van der Waals surface area (Å²) in [5.74, 6) is -0.819. The van der Waals surface area contributed by atoms with Crippen LogP contribution in [-0.2, 0) is 4.79 Å². The Labute approximate surface area is 193 Å². The largest absolute Gasteiger partial charge is 0.474 e. The molecule has 1 N–H and O–H groups in total. The number of hydrazone groups is 1. The minimum absolute atomic E-state index is 0.0166. The van der Waals surface area contributed by atoms with Crippen LogP contribution in [0.4, 0.5) is 5.69 Å². The van der Waals surface area contributed by atoms with Crippen LogP contribution >= 0.6 is 11.6 Å². The summed E-state index contributed by atoms with van der Waals surface area (Å²) in [5, 5.41) is 15.3. The van der Waals surface area contributed by atoms with Gasteiger partial charge in [0.15, 0.2) is 11.9 Å². The van der Waals surface area contributed by atoms with Gasteiger partial charge in [0.2, 0.25) is 0 Å².